The minimum atomic E-state index is -0.178. The van der Waals surface area contributed by atoms with Crippen LogP contribution in [-0.2, 0) is 16.6 Å². The topological polar surface area (TPSA) is 61.4 Å². The van der Waals surface area contributed by atoms with Crippen molar-refractivity contribution in [2.45, 2.75) is 65.5 Å². The molecule has 0 saturated heterocycles. The van der Waals surface area contributed by atoms with Gasteiger partial charge in [-0.1, -0.05) is 46.8 Å². The molecule has 130 valence electrons. The van der Waals surface area contributed by atoms with Crippen molar-refractivity contribution in [1.29, 1.82) is 0 Å². The number of phenolic OH excluding ortho intramolecular Hbond substituents is 1. The summed E-state index contributed by atoms with van der Waals surface area (Å²) in [5.74, 6) is 0.603. The second kappa shape index (κ2) is 7.82. The standard InChI is InChI=1S/C19H32N2O2/c1-12(2)17(20-7)18(23)21-13(3)10-14-8-9-16(22)15(11-14)19(4,5)6/h8-9,11-13,17,20,22H,10H2,1-7H3,(H,21,23). The number of carbonyl (C=O) groups is 1. The highest BCUT2D eigenvalue weighted by Crippen LogP contribution is 2.31. The van der Waals surface area contributed by atoms with E-state index in [1.807, 2.05) is 40.0 Å². The largest absolute Gasteiger partial charge is 0.508 e. The van der Waals surface area contributed by atoms with E-state index >= 15 is 0 Å². The minimum Gasteiger partial charge on any atom is -0.508 e. The van der Waals surface area contributed by atoms with Crippen LogP contribution in [0.3, 0.4) is 0 Å². The summed E-state index contributed by atoms with van der Waals surface area (Å²) >= 11 is 0. The molecule has 0 aliphatic carbocycles. The molecule has 1 rings (SSSR count). The summed E-state index contributed by atoms with van der Waals surface area (Å²) in [6, 6.07) is 5.56. The molecular formula is C19H32N2O2. The summed E-state index contributed by atoms with van der Waals surface area (Å²) in [7, 11) is 1.81. The first-order valence-corrected chi connectivity index (χ1v) is 8.36. The number of amides is 1. The predicted octanol–water partition coefficient (Wildman–Crippen LogP) is 2.98. The smallest absolute Gasteiger partial charge is 0.237 e. The Kier molecular flexibility index (Phi) is 6.63. The van der Waals surface area contributed by atoms with Gasteiger partial charge in [0.15, 0.2) is 0 Å². The molecule has 0 radical (unpaired) electrons. The molecule has 0 aliphatic heterocycles. The molecule has 0 spiro atoms. The molecule has 0 aromatic heterocycles. The molecular weight excluding hydrogens is 288 g/mol. The zero-order valence-electron chi connectivity index (χ0n) is 15.5. The van der Waals surface area contributed by atoms with E-state index in [9.17, 15) is 9.90 Å². The Balaban J connectivity index is 2.78. The van der Waals surface area contributed by atoms with Crippen molar-refractivity contribution in [2.24, 2.45) is 5.92 Å². The molecule has 3 N–H and O–H groups in total. The molecule has 0 saturated carbocycles. The average Bonchev–Trinajstić information content (AvgIpc) is 2.39. The Morgan fingerprint density at radius 3 is 2.30 bits per heavy atom. The number of phenols is 1. The van der Waals surface area contributed by atoms with Gasteiger partial charge in [0, 0.05) is 6.04 Å². The third kappa shape index (κ3) is 5.54. The summed E-state index contributed by atoms with van der Waals surface area (Å²) < 4.78 is 0. The Morgan fingerprint density at radius 2 is 1.83 bits per heavy atom. The van der Waals surface area contributed by atoms with Gasteiger partial charge in [0.2, 0.25) is 5.91 Å². The first-order chi connectivity index (χ1) is 10.6. The van der Waals surface area contributed by atoms with Crippen LogP contribution in [0, 0.1) is 5.92 Å². The van der Waals surface area contributed by atoms with Crippen molar-refractivity contribution in [1.82, 2.24) is 10.6 Å². The van der Waals surface area contributed by atoms with E-state index in [4.69, 9.17) is 0 Å². The van der Waals surface area contributed by atoms with Crippen LogP contribution < -0.4 is 10.6 Å². The number of likely N-dealkylation sites (N-methyl/N-ethyl adjacent to an activating group) is 1. The number of rotatable bonds is 6. The lowest BCUT2D eigenvalue weighted by Crippen LogP contribution is -2.49. The highest BCUT2D eigenvalue weighted by Gasteiger charge is 2.22. The molecule has 1 aromatic rings. The van der Waals surface area contributed by atoms with Crippen LogP contribution in [0.15, 0.2) is 18.2 Å². The molecule has 0 aliphatic rings. The maximum Gasteiger partial charge on any atom is 0.237 e. The lowest BCUT2D eigenvalue weighted by atomic mass is 9.85. The van der Waals surface area contributed by atoms with Gasteiger partial charge in [-0.05, 0) is 48.9 Å². The SMILES string of the molecule is CNC(C(=O)NC(C)Cc1ccc(O)c(C(C)(C)C)c1)C(C)C. The van der Waals surface area contributed by atoms with Crippen LogP contribution in [0.1, 0.15) is 52.7 Å². The van der Waals surface area contributed by atoms with Crippen molar-refractivity contribution in [3.63, 3.8) is 0 Å². The van der Waals surface area contributed by atoms with Gasteiger partial charge in [-0.15, -0.1) is 0 Å². The van der Waals surface area contributed by atoms with Gasteiger partial charge in [-0.2, -0.15) is 0 Å². The highest BCUT2D eigenvalue weighted by atomic mass is 16.3. The zero-order chi connectivity index (χ0) is 17.8. The van der Waals surface area contributed by atoms with Gasteiger partial charge >= 0.3 is 0 Å². The Hall–Kier alpha value is -1.55. The first-order valence-electron chi connectivity index (χ1n) is 8.36. The molecule has 4 heteroatoms. The fourth-order valence-corrected chi connectivity index (χ4v) is 2.82. The van der Waals surface area contributed by atoms with Crippen molar-refractivity contribution in [3.8, 4) is 5.75 Å². The maximum atomic E-state index is 12.3. The van der Waals surface area contributed by atoms with Crippen molar-refractivity contribution in [2.75, 3.05) is 7.05 Å². The fraction of sp³-hybridized carbons (Fsp3) is 0.632. The van der Waals surface area contributed by atoms with E-state index in [2.05, 4.69) is 31.4 Å². The minimum absolute atomic E-state index is 0.0322. The van der Waals surface area contributed by atoms with Crippen LogP contribution >= 0.6 is 0 Å². The summed E-state index contributed by atoms with van der Waals surface area (Å²) in [4.78, 5) is 12.3. The molecule has 0 heterocycles. The molecule has 0 fully saturated rings. The quantitative estimate of drug-likeness (QED) is 0.755. The fourth-order valence-electron chi connectivity index (χ4n) is 2.82. The number of nitrogens with one attached hydrogen (secondary N) is 2. The number of carbonyl (C=O) groups excluding carboxylic acids is 1. The molecule has 23 heavy (non-hydrogen) atoms. The molecule has 1 aromatic carbocycles. The van der Waals surface area contributed by atoms with Crippen LogP contribution in [0.4, 0.5) is 0 Å². The van der Waals surface area contributed by atoms with Crippen molar-refractivity contribution < 1.29 is 9.90 Å². The van der Waals surface area contributed by atoms with Gasteiger partial charge < -0.3 is 15.7 Å². The molecule has 4 nitrogen and oxygen atoms in total. The lowest BCUT2D eigenvalue weighted by molar-refractivity contribution is -0.124. The molecule has 2 atom stereocenters. The second-order valence-corrected chi connectivity index (χ2v) is 7.73. The van der Waals surface area contributed by atoms with E-state index < -0.39 is 0 Å². The van der Waals surface area contributed by atoms with E-state index in [1.54, 1.807) is 6.07 Å². The number of aromatic hydroxyl groups is 1. The van der Waals surface area contributed by atoms with E-state index in [0.29, 0.717) is 5.75 Å². The lowest BCUT2D eigenvalue weighted by Gasteiger charge is -2.24. The molecule has 2 unspecified atom stereocenters. The predicted molar refractivity (Wildman–Crippen MR) is 95.8 cm³/mol. The van der Waals surface area contributed by atoms with Crippen LogP contribution in [0.2, 0.25) is 0 Å². The number of hydrogen-bond acceptors (Lipinski definition) is 3. The van der Waals surface area contributed by atoms with Gasteiger partial charge in [0.25, 0.3) is 0 Å². The molecule has 0 bridgehead atoms. The second-order valence-electron chi connectivity index (χ2n) is 7.73. The zero-order valence-corrected chi connectivity index (χ0v) is 15.5. The van der Waals surface area contributed by atoms with Gasteiger partial charge in [-0.25, -0.2) is 0 Å². The molecule has 1 amide bonds. The van der Waals surface area contributed by atoms with E-state index in [1.165, 1.54) is 0 Å². The van der Waals surface area contributed by atoms with Gasteiger partial charge in [-0.3, -0.25) is 4.79 Å². The summed E-state index contributed by atoms with van der Waals surface area (Å²) in [6.07, 6.45) is 0.740. The maximum absolute atomic E-state index is 12.3. The van der Waals surface area contributed by atoms with Crippen molar-refractivity contribution >= 4 is 5.91 Å². The van der Waals surface area contributed by atoms with Crippen LogP contribution in [0.25, 0.3) is 0 Å². The van der Waals surface area contributed by atoms with Gasteiger partial charge in [0.1, 0.15) is 5.75 Å². The third-order valence-corrected chi connectivity index (χ3v) is 4.06. The van der Waals surface area contributed by atoms with E-state index in [0.717, 1.165) is 17.5 Å². The summed E-state index contributed by atoms with van der Waals surface area (Å²) in [6.45, 7) is 12.3. The van der Waals surface area contributed by atoms with Gasteiger partial charge in [0.05, 0.1) is 6.04 Å². The number of benzene rings is 1. The Bertz CT molecular complexity index is 533. The summed E-state index contributed by atoms with van der Waals surface area (Å²) in [5.41, 5.74) is 1.94. The Morgan fingerprint density at radius 1 is 1.22 bits per heavy atom. The van der Waals surface area contributed by atoms with Crippen LogP contribution in [-0.4, -0.2) is 30.1 Å². The van der Waals surface area contributed by atoms with Crippen molar-refractivity contribution in [3.05, 3.63) is 29.3 Å². The monoisotopic (exact) mass is 320 g/mol. The van der Waals surface area contributed by atoms with E-state index in [-0.39, 0.29) is 29.3 Å². The van der Waals surface area contributed by atoms with Crippen LogP contribution in [0.5, 0.6) is 5.75 Å². The highest BCUT2D eigenvalue weighted by molar-refractivity contribution is 5.82. The average molecular weight is 320 g/mol. The summed E-state index contributed by atoms with van der Waals surface area (Å²) in [5, 5.41) is 16.2. The number of hydrogen-bond donors (Lipinski definition) is 3. The third-order valence-electron chi connectivity index (χ3n) is 4.06. The first kappa shape index (κ1) is 19.5. The normalized spacial score (nSPS) is 14.6. The Labute approximate surface area is 140 Å².